The van der Waals surface area contributed by atoms with Crippen molar-refractivity contribution in [2.24, 2.45) is 0 Å². The third-order valence-electron chi connectivity index (χ3n) is 5.51. The van der Waals surface area contributed by atoms with Crippen LogP contribution in [-0.2, 0) is 13.0 Å². The summed E-state index contributed by atoms with van der Waals surface area (Å²) >= 11 is 0. The zero-order valence-electron chi connectivity index (χ0n) is 15.4. The summed E-state index contributed by atoms with van der Waals surface area (Å²) < 4.78 is 39.7. The fourth-order valence-electron chi connectivity index (χ4n) is 3.97. The number of rotatable bonds is 6. The molecule has 0 aromatic carbocycles. The van der Waals surface area contributed by atoms with Crippen molar-refractivity contribution in [1.29, 1.82) is 0 Å². The van der Waals surface area contributed by atoms with Crippen molar-refractivity contribution in [3.05, 3.63) is 17.7 Å². The van der Waals surface area contributed by atoms with Crippen molar-refractivity contribution >= 4 is 6.09 Å². The maximum absolute atomic E-state index is 12.6. The van der Waals surface area contributed by atoms with E-state index in [9.17, 15) is 18.0 Å². The van der Waals surface area contributed by atoms with Crippen molar-refractivity contribution in [2.45, 2.75) is 57.2 Å². The first kappa shape index (κ1) is 20.0. The average molecular weight is 388 g/mol. The van der Waals surface area contributed by atoms with Crippen LogP contribution in [0.5, 0.6) is 0 Å². The molecule has 0 radical (unpaired) electrons. The van der Waals surface area contributed by atoms with Gasteiger partial charge in [0.25, 0.3) is 0 Å². The number of amides is 1. The molecule has 2 aliphatic rings. The van der Waals surface area contributed by atoms with E-state index in [1.54, 1.807) is 6.20 Å². The highest BCUT2D eigenvalue weighted by Gasteiger charge is 2.29. The first-order valence-corrected chi connectivity index (χ1v) is 9.65. The number of carbonyl (C=O) groups is 1. The number of hydrogen-bond acceptors (Lipinski definition) is 3. The number of halogens is 3. The monoisotopic (exact) mass is 388 g/mol. The molecule has 0 spiro atoms. The molecule has 1 aromatic heterocycles. The van der Waals surface area contributed by atoms with E-state index in [4.69, 9.17) is 5.11 Å². The number of nitrogens with zero attached hydrogens (tertiary/aromatic N) is 4. The number of aromatic nitrogens is 2. The summed E-state index contributed by atoms with van der Waals surface area (Å²) in [5.41, 5.74) is 0.476. The van der Waals surface area contributed by atoms with Gasteiger partial charge in [-0.1, -0.05) is 0 Å². The highest BCUT2D eigenvalue weighted by atomic mass is 19.4. The predicted molar refractivity (Wildman–Crippen MR) is 93.8 cm³/mol. The van der Waals surface area contributed by atoms with Crippen molar-refractivity contribution in [2.75, 3.05) is 32.7 Å². The number of likely N-dealkylation sites (tertiary alicyclic amines) is 2. The molecule has 1 N–H and O–H groups in total. The van der Waals surface area contributed by atoms with Gasteiger partial charge in [0.15, 0.2) is 0 Å². The summed E-state index contributed by atoms with van der Waals surface area (Å²) in [7, 11) is 0. The predicted octanol–water partition coefficient (Wildman–Crippen LogP) is 3.33. The fourth-order valence-corrected chi connectivity index (χ4v) is 3.97. The van der Waals surface area contributed by atoms with E-state index in [1.807, 2.05) is 4.57 Å². The van der Waals surface area contributed by atoms with Gasteiger partial charge in [-0.25, -0.2) is 9.78 Å². The number of hydrogen-bond donors (Lipinski definition) is 1. The van der Waals surface area contributed by atoms with Crippen LogP contribution in [0.3, 0.4) is 0 Å². The normalized spacial score (nSPS) is 19.7. The molecule has 2 aliphatic heterocycles. The van der Waals surface area contributed by atoms with Crippen molar-refractivity contribution < 1.29 is 23.1 Å². The minimum absolute atomic E-state index is 0.0961. The Kier molecular flexibility index (Phi) is 6.29. The van der Waals surface area contributed by atoms with Crippen LogP contribution >= 0.6 is 0 Å². The highest BCUT2D eigenvalue weighted by Crippen LogP contribution is 2.29. The molecule has 1 aromatic rings. The lowest BCUT2D eigenvalue weighted by Gasteiger charge is -2.30. The first-order chi connectivity index (χ1) is 12.8. The van der Waals surface area contributed by atoms with Crippen LogP contribution in [-0.4, -0.2) is 69.5 Å². The Morgan fingerprint density at radius 3 is 2.41 bits per heavy atom. The summed E-state index contributed by atoms with van der Waals surface area (Å²) in [4.78, 5) is 19.4. The summed E-state index contributed by atoms with van der Waals surface area (Å²) in [6.07, 6.45) is -0.613. The Labute approximate surface area is 157 Å². The Bertz CT molecular complexity index is 633. The van der Waals surface area contributed by atoms with Crippen molar-refractivity contribution in [3.8, 4) is 0 Å². The largest absolute Gasteiger partial charge is 0.465 e. The maximum Gasteiger partial charge on any atom is 0.407 e. The summed E-state index contributed by atoms with van der Waals surface area (Å²) in [6, 6.07) is 0. The Morgan fingerprint density at radius 2 is 1.81 bits per heavy atom. The SMILES string of the molecule is O=C(O)N1CCC(c2nc(CCC(F)(F)F)cn2CCN2CCCC2)CC1. The van der Waals surface area contributed by atoms with Crippen LogP contribution < -0.4 is 0 Å². The topological polar surface area (TPSA) is 61.6 Å². The van der Waals surface area contributed by atoms with Gasteiger partial charge >= 0.3 is 12.3 Å². The quantitative estimate of drug-likeness (QED) is 0.812. The molecule has 0 unspecified atom stereocenters. The lowest BCUT2D eigenvalue weighted by molar-refractivity contribution is -0.134. The van der Waals surface area contributed by atoms with E-state index >= 15 is 0 Å². The van der Waals surface area contributed by atoms with Gasteiger partial charge in [0.1, 0.15) is 5.82 Å². The third kappa shape index (κ3) is 5.60. The van der Waals surface area contributed by atoms with Crippen LogP contribution in [0.2, 0.25) is 0 Å². The average Bonchev–Trinajstić information content (AvgIpc) is 3.27. The van der Waals surface area contributed by atoms with Crippen LogP contribution in [0.25, 0.3) is 0 Å². The number of carboxylic acid groups (broad SMARTS) is 1. The molecule has 2 saturated heterocycles. The second kappa shape index (κ2) is 8.50. The zero-order chi connectivity index (χ0) is 19.4. The zero-order valence-corrected chi connectivity index (χ0v) is 15.4. The maximum atomic E-state index is 12.6. The number of alkyl halides is 3. The molecule has 152 valence electrons. The number of aryl methyl sites for hydroxylation is 1. The number of piperidine rings is 1. The molecule has 9 heteroatoms. The molecular weight excluding hydrogens is 361 g/mol. The van der Waals surface area contributed by atoms with Gasteiger partial charge < -0.3 is 19.5 Å². The van der Waals surface area contributed by atoms with Gasteiger partial charge in [-0.15, -0.1) is 0 Å². The molecule has 3 heterocycles. The third-order valence-corrected chi connectivity index (χ3v) is 5.51. The molecular formula is C18H27F3N4O2. The van der Waals surface area contributed by atoms with E-state index in [-0.39, 0.29) is 12.3 Å². The first-order valence-electron chi connectivity index (χ1n) is 9.65. The number of imidazole rings is 1. The Balaban J connectivity index is 1.68. The van der Waals surface area contributed by atoms with E-state index < -0.39 is 18.7 Å². The van der Waals surface area contributed by atoms with Gasteiger partial charge in [-0.3, -0.25) is 0 Å². The highest BCUT2D eigenvalue weighted by molar-refractivity contribution is 5.65. The second-order valence-electron chi connectivity index (χ2n) is 7.49. The molecule has 0 atom stereocenters. The van der Waals surface area contributed by atoms with Gasteiger partial charge in [-0.05, 0) is 45.2 Å². The van der Waals surface area contributed by atoms with Crippen LogP contribution in [0.1, 0.15) is 49.5 Å². The van der Waals surface area contributed by atoms with E-state index in [2.05, 4.69) is 9.88 Å². The summed E-state index contributed by atoms with van der Waals surface area (Å²) in [6.45, 7) is 4.61. The fraction of sp³-hybridized carbons (Fsp3) is 0.778. The molecule has 3 rings (SSSR count). The van der Waals surface area contributed by atoms with Crippen molar-refractivity contribution in [3.63, 3.8) is 0 Å². The van der Waals surface area contributed by atoms with Crippen LogP contribution in [0.4, 0.5) is 18.0 Å². The lowest BCUT2D eigenvalue weighted by Crippen LogP contribution is -2.37. The molecule has 0 saturated carbocycles. The van der Waals surface area contributed by atoms with Crippen molar-refractivity contribution in [1.82, 2.24) is 19.4 Å². The lowest BCUT2D eigenvalue weighted by atomic mass is 9.96. The van der Waals surface area contributed by atoms with E-state index in [0.717, 1.165) is 25.5 Å². The minimum Gasteiger partial charge on any atom is -0.465 e. The van der Waals surface area contributed by atoms with Crippen LogP contribution in [0, 0.1) is 0 Å². The van der Waals surface area contributed by atoms with Gasteiger partial charge in [0.2, 0.25) is 0 Å². The van der Waals surface area contributed by atoms with Gasteiger partial charge in [0.05, 0.1) is 5.69 Å². The minimum atomic E-state index is -4.19. The Morgan fingerprint density at radius 1 is 1.15 bits per heavy atom. The molecule has 0 bridgehead atoms. The van der Waals surface area contributed by atoms with Crippen LogP contribution in [0.15, 0.2) is 6.20 Å². The van der Waals surface area contributed by atoms with Gasteiger partial charge in [0, 0.05) is 44.7 Å². The standard InChI is InChI=1S/C18H27F3N4O2/c19-18(20,21)6-3-15-13-25(12-11-23-7-1-2-8-23)16(22-15)14-4-9-24(10-5-14)17(26)27/h13-14H,1-12H2,(H,26,27). The molecule has 1 amide bonds. The molecule has 2 fully saturated rings. The summed E-state index contributed by atoms with van der Waals surface area (Å²) in [5.74, 6) is 0.912. The summed E-state index contributed by atoms with van der Waals surface area (Å²) in [5, 5.41) is 9.10. The van der Waals surface area contributed by atoms with E-state index in [0.29, 0.717) is 38.2 Å². The Hall–Kier alpha value is -1.77. The second-order valence-corrected chi connectivity index (χ2v) is 7.49. The molecule has 6 nitrogen and oxygen atoms in total. The smallest absolute Gasteiger partial charge is 0.407 e. The molecule has 27 heavy (non-hydrogen) atoms. The van der Waals surface area contributed by atoms with E-state index in [1.165, 1.54) is 17.7 Å². The van der Waals surface area contributed by atoms with Gasteiger partial charge in [-0.2, -0.15) is 13.2 Å². The molecule has 0 aliphatic carbocycles.